The van der Waals surface area contributed by atoms with E-state index in [1.807, 2.05) is 20.8 Å². The normalized spacial score (nSPS) is 16.5. The van der Waals surface area contributed by atoms with Crippen molar-refractivity contribution in [1.29, 1.82) is 0 Å². The number of rotatable bonds is 6. The maximum Gasteiger partial charge on any atom is 0.252 e. The van der Waals surface area contributed by atoms with Crippen molar-refractivity contribution < 1.29 is 8.42 Å². The molecule has 0 saturated heterocycles. The van der Waals surface area contributed by atoms with Crippen LogP contribution in [0.5, 0.6) is 0 Å². The predicted molar refractivity (Wildman–Crippen MR) is 79.0 cm³/mol. The van der Waals surface area contributed by atoms with E-state index in [1.165, 1.54) is 28.5 Å². The van der Waals surface area contributed by atoms with Gasteiger partial charge >= 0.3 is 0 Å². The fourth-order valence-electron chi connectivity index (χ4n) is 1.74. The minimum Gasteiger partial charge on any atom is -0.309 e. The van der Waals surface area contributed by atoms with E-state index in [0.29, 0.717) is 10.3 Å². The van der Waals surface area contributed by atoms with Gasteiger partial charge in [-0.3, -0.25) is 0 Å². The van der Waals surface area contributed by atoms with E-state index >= 15 is 0 Å². The number of nitrogens with one attached hydrogen (secondary N) is 1. The molecule has 19 heavy (non-hydrogen) atoms. The minimum atomic E-state index is -3.34. The zero-order chi connectivity index (χ0) is 14.2. The molecule has 1 aliphatic rings. The van der Waals surface area contributed by atoms with Crippen molar-refractivity contribution >= 4 is 21.4 Å². The second kappa shape index (κ2) is 5.52. The first-order valence-corrected chi connectivity index (χ1v) is 8.88. The summed E-state index contributed by atoms with van der Waals surface area (Å²) < 4.78 is 26.7. The highest BCUT2D eigenvalue weighted by atomic mass is 32.2. The fourth-order valence-corrected chi connectivity index (χ4v) is 4.83. The van der Waals surface area contributed by atoms with E-state index in [2.05, 4.69) is 5.32 Å². The van der Waals surface area contributed by atoms with Gasteiger partial charge in [0, 0.05) is 30.6 Å². The molecule has 108 valence electrons. The number of aryl methyl sites for hydroxylation is 1. The van der Waals surface area contributed by atoms with Crippen LogP contribution in [0.25, 0.3) is 0 Å². The number of sulfonamides is 1. The van der Waals surface area contributed by atoms with E-state index in [9.17, 15) is 8.42 Å². The molecule has 0 unspecified atom stereocenters. The molecule has 4 nitrogen and oxygen atoms in total. The Kier molecular flexibility index (Phi) is 4.35. The molecular weight excluding hydrogens is 280 g/mol. The highest BCUT2D eigenvalue weighted by Gasteiger charge is 2.26. The van der Waals surface area contributed by atoms with E-state index in [-0.39, 0.29) is 6.04 Å². The Hall–Kier alpha value is -0.430. The van der Waals surface area contributed by atoms with Crippen molar-refractivity contribution in [3.63, 3.8) is 0 Å². The van der Waals surface area contributed by atoms with Gasteiger partial charge in [0.1, 0.15) is 4.21 Å². The molecule has 0 aromatic carbocycles. The lowest BCUT2D eigenvalue weighted by molar-refractivity contribution is 0.412. The first-order chi connectivity index (χ1) is 8.82. The van der Waals surface area contributed by atoms with Crippen LogP contribution in [-0.4, -0.2) is 31.9 Å². The van der Waals surface area contributed by atoms with E-state index in [4.69, 9.17) is 0 Å². The zero-order valence-corrected chi connectivity index (χ0v) is 13.6. The average Bonchev–Trinajstić information content (AvgIpc) is 3.08. The summed E-state index contributed by atoms with van der Waals surface area (Å²) in [6, 6.07) is 2.41. The summed E-state index contributed by atoms with van der Waals surface area (Å²) in [6.45, 7) is 6.53. The maximum atomic E-state index is 12.4. The van der Waals surface area contributed by atoms with Crippen molar-refractivity contribution in [1.82, 2.24) is 9.62 Å². The third-order valence-corrected chi connectivity index (χ3v) is 7.21. The van der Waals surface area contributed by atoms with Gasteiger partial charge in [0.15, 0.2) is 0 Å². The molecule has 1 aromatic heterocycles. The van der Waals surface area contributed by atoms with Crippen LogP contribution in [0.2, 0.25) is 0 Å². The van der Waals surface area contributed by atoms with E-state index in [1.54, 1.807) is 13.1 Å². The summed E-state index contributed by atoms with van der Waals surface area (Å²) in [5, 5.41) is 3.43. The quantitative estimate of drug-likeness (QED) is 0.877. The van der Waals surface area contributed by atoms with Crippen LogP contribution in [0, 0.1) is 6.92 Å². The first-order valence-electron chi connectivity index (χ1n) is 6.63. The molecule has 1 aliphatic carbocycles. The summed E-state index contributed by atoms with van der Waals surface area (Å²) >= 11 is 1.39. The lowest BCUT2D eigenvalue weighted by Crippen LogP contribution is -2.32. The number of hydrogen-bond donors (Lipinski definition) is 1. The molecule has 1 N–H and O–H groups in total. The predicted octanol–water partition coefficient (Wildman–Crippen LogP) is 2.34. The minimum absolute atomic E-state index is 0.0274. The molecule has 0 bridgehead atoms. The van der Waals surface area contributed by atoms with E-state index in [0.717, 1.165) is 17.0 Å². The first kappa shape index (κ1) is 15.0. The van der Waals surface area contributed by atoms with Gasteiger partial charge in [0.2, 0.25) is 0 Å². The van der Waals surface area contributed by atoms with Gasteiger partial charge in [-0.15, -0.1) is 11.3 Å². The lowest BCUT2D eigenvalue weighted by Gasteiger charge is -2.19. The van der Waals surface area contributed by atoms with Crippen molar-refractivity contribution in [3.8, 4) is 0 Å². The van der Waals surface area contributed by atoms with Crippen LogP contribution >= 0.6 is 11.3 Å². The third-order valence-electron chi connectivity index (χ3n) is 3.49. The summed E-state index contributed by atoms with van der Waals surface area (Å²) in [5.41, 5.74) is 1.06. The monoisotopic (exact) mass is 302 g/mol. The second-order valence-corrected chi connectivity index (χ2v) is 8.80. The fraction of sp³-hybridized carbons (Fsp3) is 0.692. The van der Waals surface area contributed by atoms with Gasteiger partial charge < -0.3 is 5.32 Å². The van der Waals surface area contributed by atoms with Gasteiger partial charge in [-0.05, 0) is 45.2 Å². The van der Waals surface area contributed by atoms with Crippen LogP contribution < -0.4 is 5.32 Å². The molecule has 1 fully saturated rings. The Morgan fingerprint density at radius 2 is 2.11 bits per heavy atom. The number of nitrogens with zero attached hydrogens (tertiary/aromatic N) is 1. The third kappa shape index (κ3) is 3.37. The Labute approximate surface area is 119 Å². The molecule has 6 heteroatoms. The number of thiophene rings is 1. The Bertz CT molecular complexity index is 545. The molecule has 1 aromatic rings. The molecule has 1 heterocycles. The van der Waals surface area contributed by atoms with Crippen LogP contribution in [0.4, 0.5) is 0 Å². The molecular formula is C13H22N2O2S2. The topological polar surface area (TPSA) is 49.4 Å². The average molecular weight is 302 g/mol. The Morgan fingerprint density at radius 1 is 1.47 bits per heavy atom. The molecule has 1 saturated carbocycles. The van der Waals surface area contributed by atoms with Crippen LogP contribution in [0.15, 0.2) is 10.3 Å². The second-order valence-electron chi connectivity index (χ2n) is 5.44. The van der Waals surface area contributed by atoms with Gasteiger partial charge in [-0.25, -0.2) is 8.42 Å². The lowest BCUT2D eigenvalue weighted by atomic mass is 10.3. The maximum absolute atomic E-state index is 12.4. The Morgan fingerprint density at radius 3 is 2.63 bits per heavy atom. The smallest absolute Gasteiger partial charge is 0.252 e. The van der Waals surface area contributed by atoms with Crippen LogP contribution in [0.1, 0.15) is 37.1 Å². The van der Waals surface area contributed by atoms with Crippen molar-refractivity contribution in [3.05, 3.63) is 16.5 Å². The molecule has 0 aliphatic heterocycles. The van der Waals surface area contributed by atoms with Crippen LogP contribution in [-0.2, 0) is 16.6 Å². The number of hydrogen-bond acceptors (Lipinski definition) is 4. The molecule has 2 rings (SSSR count). The largest absolute Gasteiger partial charge is 0.309 e. The van der Waals surface area contributed by atoms with Gasteiger partial charge in [-0.2, -0.15) is 4.31 Å². The summed E-state index contributed by atoms with van der Waals surface area (Å²) in [5.74, 6) is 0. The van der Waals surface area contributed by atoms with Gasteiger partial charge in [-0.1, -0.05) is 0 Å². The van der Waals surface area contributed by atoms with Gasteiger partial charge in [0.05, 0.1) is 0 Å². The van der Waals surface area contributed by atoms with Crippen LogP contribution in [0.3, 0.4) is 0 Å². The van der Waals surface area contributed by atoms with Crippen molar-refractivity contribution in [2.75, 3.05) is 7.05 Å². The highest BCUT2D eigenvalue weighted by Crippen LogP contribution is 2.29. The molecule has 0 spiro atoms. The molecule has 0 radical (unpaired) electrons. The molecule has 0 amide bonds. The standard InChI is InChI=1S/C13H22N2O2S2/c1-9(2)15(4)19(16,17)13-7-10(3)12(18-13)8-14-11-5-6-11/h7,9,11,14H,5-6,8H2,1-4H3. The van der Waals surface area contributed by atoms with Gasteiger partial charge in [0.25, 0.3) is 10.0 Å². The summed E-state index contributed by atoms with van der Waals surface area (Å²) in [4.78, 5) is 1.13. The SMILES string of the molecule is Cc1cc(S(=O)(=O)N(C)C(C)C)sc1CNC1CC1. The summed E-state index contributed by atoms with van der Waals surface area (Å²) in [7, 11) is -1.70. The molecule has 0 atom stereocenters. The van der Waals surface area contributed by atoms with E-state index < -0.39 is 10.0 Å². The Balaban J connectivity index is 2.18. The highest BCUT2D eigenvalue weighted by molar-refractivity contribution is 7.91. The summed E-state index contributed by atoms with van der Waals surface area (Å²) in [6.07, 6.45) is 2.48. The van der Waals surface area contributed by atoms with Crippen molar-refractivity contribution in [2.45, 2.75) is 56.5 Å². The van der Waals surface area contributed by atoms with Crippen molar-refractivity contribution in [2.24, 2.45) is 0 Å². The zero-order valence-electron chi connectivity index (χ0n) is 11.9.